The Labute approximate surface area is 177 Å². The van der Waals surface area contributed by atoms with Gasteiger partial charge in [0.1, 0.15) is 0 Å². The number of alkyl halides is 3. The summed E-state index contributed by atoms with van der Waals surface area (Å²) in [5.41, 5.74) is 1.39. The second-order valence-electron chi connectivity index (χ2n) is 8.97. The van der Waals surface area contributed by atoms with Gasteiger partial charge in [0.15, 0.2) is 5.69 Å². The maximum absolute atomic E-state index is 14.1. The average Bonchev–Trinajstić information content (AvgIpc) is 3.27. The Morgan fingerprint density at radius 2 is 1.80 bits per heavy atom. The van der Waals surface area contributed by atoms with Gasteiger partial charge in [0.25, 0.3) is 0 Å². The lowest BCUT2D eigenvalue weighted by molar-refractivity contribution is -0.142. The van der Waals surface area contributed by atoms with Gasteiger partial charge in [-0.15, -0.1) is 0 Å². The van der Waals surface area contributed by atoms with E-state index in [4.69, 9.17) is 11.6 Å². The summed E-state index contributed by atoms with van der Waals surface area (Å²) >= 11 is 5.88. The molecule has 2 bridgehead atoms. The van der Waals surface area contributed by atoms with Crippen molar-refractivity contribution in [1.29, 1.82) is 0 Å². The standard InChI is InChI=1S/C22H20ClF3N4/c1-20(2)16-8-9-21(20,3)18-14(16)10-17(28-29-18)15-11-27-30(19(15)22(24,25)26)13-6-4-12(23)5-7-13/h4-7,10-11,16H,8-9H2,1-3H3/t16-,21+/m0/s1. The largest absolute Gasteiger partial charge is 0.434 e. The summed E-state index contributed by atoms with van der Waals surface area (Å²) in [5, 5.41) is 13.1. The van der Waals surface area contributed by atoms with Crippen LogP contribution in [0.3, 0.4) is 0 Å². The lowest BCUT2D eigenvalue weighted by atomic mass is 9.70. The Bertz CT molecular complexity index is 1150. The van der Waals surface area contributed by atoms with Gasteiger partial charge in [0.2, 0.25) is 0 Å². The average molecular weight is 433 g/mol. The van der Waals surface area contributed by atoms with Gasteiger partial charge in [-0.1, -0.05) is 32.4 Å². The Hall–Kier alpha value is -2.41. The van der Waals surface area contributed by atoms with Gasteiger partial charge in [-0.3, -0.25) is 0 Å². The quantitative estimate of drug-likeness (QED) is 0.486. The maximum Gasteiger partial charge on any atom is 0.434 e. The lowest BCUT2D eigenvalue weighted by Crippen LogP contribution is -2.32. The minimum absolute atomic E-state index is 0.00296. The number of benzene rings is 1. The van der Waals surface area contributed by atoms with Crippen LogP contribution in [0.25, 0.3) is 16.9 Å². The van der Waals surface area contributed by atoms with E-state index in [1.165, 1.54) is 30.5 Å². The molecular weight excluding hydrogens is 413 g/mol. The van der Waals surface area contributed by atoms with Gasteiger partial charge in [-0.05, 0) is 60.1 Å². The third-order valence-corrected chi connectivity index (χ3v) is 7.58. The predicted molar refractivity (Wildman–Crippen MR) is 108 cm³/mol. The van der Waals surface area contributed by atoms with Crippen LogP contribution in [0.5, 0.6) is 0 Å². The van der Waals surface area contributed by atoms with Crippen LogP contribution in [0, 0.1) is 5.41 Å². The molecule has 0 unspecified atom stereocenters. The Morgan fingerprint density at radius 1 is 1.10 bits per heavy atom. The van der Waals surface area contributed by atoms with Crippen LogP contribution >= 0.6 is 11.6 Å². The first-order chi connectivity index (χ1) is 14.0. The van der Waals surface area contributed by atoms with E-state index in [1.54, 1.807) is 6.07 Å². The molecule has 2 aromatic heterocycles. The third kappa shape index (κ3) is 2.51. The molecule has 0 saturated heterocycles. The molecule has 0 amide bonds. The van der Waals surface area contributed by atoms with Crippen molar-refractivity contribution in [2.45, 2.75) is 51.1 Å². The van der Waals surface area contributed by atoms with Gasteiger partial charge >= 0.3 is 6.18 Å². The molecule has 2 heterocycles. The van der Waals surface area contributed by atoms with E-state index in [2.05, 4.69) is 36.1 Å². The minimum Gasteiger partial charge on any atom is -0.228 e. The monoisotopic (exact) mass is 432 g/mol. The molecule has 8 heteroatoms. The summed E-state index contributed by atoms with van der Waals surface area (Å²) in [6.45, 7) is 6.62. The number of hydrogen-bond donors (Lipinski definition) is 0. The zero-order chi connectivity index (χ0) is 21.5. The molecule has 2 atom stereocenters. The Balaban J connectivity index is 1.67. The molecule has 5 rings (SSSR count). The van der Waals surface area contributed by atoms with Gasteiger partial charge in [0.05, 0.1) is 28.8 Å². The first-order valence-corrected chi connectivity index (χ1v) is 10.2. The zero-order valence-corrected chi connectivity index (χ0v) is 17.5. The lowest BCUT2D eigenvalue weighted by Gasteiger charge is -2.33. The highest BCUT2D eigenvalue weighted by Crippen LogP contribution is 2.67. The number of hydrogen-bond acceptors (Lipinski definition) is 3. The van der Waals surface area contributed by atoms with E-state index in [-0.39, 0.29) is 33.7 Å². The van der Waals surface area contributed by atoms with E-state index in [0.717, 1.165) is 28.8 Å². The van der Waals surface area contributed by atoms with E-state index in [0.29, 0.717) is 5.02 Å². The van der Waals surface area contributed by atoms with Crippen LogP contribution in [0.15, 0.2) is 36.5 Å². The fourth-order valence-corrected chi connectivity index (χ4v) is 5.41. The Morgan fingerprint density at radius 3 is 2.47 bits per heavy atom. The maximum atomic E-state index is 14.1. The normalized spacial score (nSPS) is 24.3. The van der Waals surface area contributed by atoms with Gasteiger partial charge in [-0.25, -0.2) is 4.68 Å². The summed E-state index contributed by atoms with van der Waals surface area (Å²) in [5.74, 6) is 0.271. The first-order valence-electron chi connectivity index (χ1n) is 9.84. The molecule has 2 aliphatic carbocycles. The molecule has 3 aromatic rings. The van der Waals surface area contributed by atoms with Crippen molar-refractivity contribution < 1.29 is 13.2 Å². The van der Waals surface area contributed by atoms with Crippen molar-refractivity contribution in [3.63, 3.8) is 0 Å². The van der Waals surface area contributed by atoms with Crippen molar-refractivity contribution >= 4 is 11.6 Å². The highest BCUT2D eigenvalue weighted by molar-refractivity contribution is 6.30. The van der Waals surface area contributed by atoms with E-state index in [9.17, 15) is 13.2 Å². The van der Waals surface area contributed by atoms with Crippen molar-refractivity contribution in [1.82, 2.24) is 20.0 Å². The number of rotatable bonds is 2. The van der Waals surface area contributed by atoms with Gasteiger partial charge in [0, 0.05) is 10.4 Å². The van der Waals surface area contributed by atoms with E-state index in [1.807, 2.05) is 0 Å². The van der Waals surface area contributed by atoms with Crippen molar-refractivity contribution in [3.05, 3.63) is 58.5 Å². The predicted octanol–water partition coefficient (Wildman–Crippen LogP) is 6.18. The smallest absolute Gasteiger partial charge is 0.228 e. The Kier molecular flexibility index (Phi) is 3.95. The van der Waals surface area contributed by atoms with Crippen LogP contribution in [0.1, 0.15) is 56.5 Å². The SMILES string of the molecule is CC1(C)[C@H]2CC[C@]1(C)c1nnc(-c3cnn(-c4ccc(Cl)cc4)c3C(F)(F)F)cc12. The fourth-order valence-electron chi connectivity index (χ4n) is 5.29. The van der Waals surface area contributed by atoms with E-state index < -0.39 is 11.9 Å². The molecule has 0 aliphatic heterocycles. The molecule has 2 aliphatic rings. The van der Waals surface area contributed by atoms with Crippen LogP contribution in [0.4, 0.5) is 13.2 Å². The molecule has 30 heavy (non-hydrogen) atoms. The van der Waals surface area contributed by atoms with Crippen molar-refractivity contribution in [2.75, 3.05) is 0 Å². The number of fused-ring (bicyclic) bond motifs is 5. The third-order valence-electron chi connectivity index (χ3n) is 7.33. The van der Waals surface area contributed by atoms with Gasteiger partial charge in [-0.2, -0.15) is 28.5 Å². The van der Waals surface area contributed by atoms with Crippen molar-refractivity contribution in [3.8, 4) is 16.9 Å². The molecule has 4 nitrogen and oxygen atoms in total. The van der Waals surface area contributed by atoms with Crippen LogP contribution in [-0.4, -0.2) is 20.0 Å². The van der Waals surface area contributed by atoms with Gasteiger partial charge < -0.3 is 0 Å². The second-order valence-corrected chi connectivity index (χ2v) is 9.41. The topological polar surface area (TPSA) is 43.6 Å². The number of aromatic nitrogens is 4. The zero-order valence-electron chi connectivity index (χ0n) is 16.8. The molecule has 1 aromatic carbocycles. The molecule has 0 radical (unpaired) electrons. The summed E-state index contributed by atoms with van der Waals surface area (Å²) in [4.78, 5) is 0. The van der Waals surface area contributed by atoms with E-state index >= 15 is 0 Å². The van der Waals surface area contributed by atoms with Crippen molar-refractivity contribution in [2.24, 2.45) is 5.41 Å². The highest BCUT2D eigenvalue weighted by atomic mass is 35.5. The molecule has 1 saturated carbocycles. The molecular formula is C22H20ClF3N4. The summed E-state index contributed by atoms with van der Waals surface area (Å²) < 4.78 is 43.1. The first kappa shape index (κ1) is 19.5. The summed E-state index contributed by atoms with van der Waals surface area (Å²) in [7, 11) is 0. The van der Waals surface area contributed by atoms with Crippen LogP contribution in [0.2, 0.25) is 5.02 Å². The second kappa shape index (κ2) is 6.06. The molecule has 156 valence electrons. The van der Waals surface area contributed by atoms with Crippen LogP contribution < -0.4 is 0 Å². The highest BCUT2D eigenvalue weighted by Gasteiger charge is 2.60. The van der Waals surface area contributed by atoms with Crippen LogP contribution in [-0.2, 0) is 11.6 Å². The summed E-state index contributed by atoms with van der Waals surface area (Å²) in [6.07, 6.45) is -1.36. The molecule has 0 N–H and O–H groups in total. The number of halogens is 4. The molecule has 1 fully saturated rings. The fraction of sp³-hybridized carbons (Fsp3) is 0.409. The molecule has 0 spiro atoms. The number of nitrogens with zero attached hydrogens (tertiary/aromatic N) is 4. The minimum atomic E-state index is -4.61. The summed E-state index contributed by atoms with van der Waals surface area (Å²) in [6, 6.07) is 7.87.